The van der Waals surface area contributed by atoms with Gasteiger partial charge in [-0.15, -0.1) is 0 Å². The lowest BCUT2D eigenvalue weighted by atomic mass is 9.77. The van der Waals surface area contributed by atoms with Gasteiger partial charge in [0.1, 0.15) is 6.10 Å². The van der Waals surface area contributed by atoms with Crippen LogP contribution in [0.1, 0.15) is 41.3 Å². The number of nitrogens with one attached hydrogen (secondary N) is 2. The zero-order valence-electron chi connectivity index (χ0n) is 18.3. The minimum absolute atomic E-state index is 0.120. The Balaban J connectivity index is 1.74. The van der Waals surface area contributed by atoms with Gasteiger partial charge in [-0.3, -0.25) is 9.59 Å². The predicted molar refractivity (Wildman–Crippen MR) is 110 cm³/mol. The summed E-state index contributed by atoms with van der Waals surface area (Å²) in [5.41, 5.74) is -1.58. The van der Waals surface area contributed by atoms with Gasteiger partial charge in [-0.1, -0.05) is 13.0 Å². The largest absolute Gasteiger partial charge is 0.493 e. The van der Waals surface area contributed by atoms with Gasteiger partial charge in [-0.25, -0.2) is 4.39 Å². The predicted octanol–water partition coefficient (Wildman–Crippen LogP) is 4.30. The Kier molecular flexibility index (Phi) is 5.79. The number of fused-ring (bicyclic) bond motifs is 1. The van der Waals surface area contributed by atoms with Crippen LogP contribution in [0.3, 0.4) is 0 Å². The van der Waals surface area contributed by atoms with Gasteiger partial charge in [0.05, 0.1) is 7.11 Å². The Morgan fingerprint density at radius 3 is 2.59 bits per heavy atom. The number of anilines is 1. The summed E-state index contributed by atoms with van der Waals surface area (Å²) in [5, 5.41) is 5.15. The first kappa shape index (κ1) is 23.9. The average Bonchev–Trinajstić information content (AvgIpc) is 3.27. The van der Waals surface area contributed by atoms with Crippen molar-refractivity contribution in [1.82, 2.24) is 5.32 Å². The van der Waals surface area contributed by atoms with Gasteiger partial charge in [0, 0.05) is 35.2 Å². The van der Waals surface area contributed by atoms with Crippen LogP contribution in [0.25, 0.3) is 0 Å². The fraction of sp³-hybridized carbons (Fsp3) is 0.391. The van der Waals surface area contributed by atoms with Crippen LogP contribution in [0.4, 0.5) is 27.6 Å². The van der Waals surface area contributed by atoms with Gasteiger partial charge < -0.3 is 20.1 Å². The molecule has 1 fully saturated rings. The number of hydrogen-bond donors (Lipinski definition) is 2. The van der Waals surface area contributed by atoms with Crippen molar-refractivity contribution < 1.29 is 41.0 Å². The molecule has 0 spiro atoms. The van der Waals surface area contributed by atoms with Gasteiger partial charge in [0.15, 0.2) is 17.2 Å². The lowest BCUT2D eigenvalue weighted by Gasteiger charge is -2.32. The van der Waals surface area contributed by atoms with Crippen LogP contribution in [0.2, 0.25) is 0 Å². The number of halogens is 5. The molecule has 0 radical (unpaired) electrons. The van der Waals surface area contributed by atoms with E-state index in [1.165, 1.54) is 25.1 Å². The minimum atomic E-state index is -4.86. The van der Waals surface area contributed by atoms with E-state index in [-0.39, 0.29) is 23.7 Å². The van der Waals surface area contributed by atoms with E-state index in [1.807, 2.05) is 0 Å². The summed E-state index contributed by atoms with van der Waals surface area (Å²) < 4.78 is 80.5. The molecule has 0 saturated carbocycles. The van der Waals surface area contributed by atoms with Crippen molar-refractivity contribution in [3.63, 3.8) is 0 Å². The van der Waals surface area contributed by atoms with E-state index in [2.05, 4.69) is 10.6 Å². The van der Waals surface area contributed by atoms with Gasteiger partial charge in [0.2, 0.25) is 5.82 Å². The van der Waals surface area contributed by atoms with E-state index in [0.29, 0.717) is 11.1 Å². The summed E-state index contributed by atoms with van der Waals surface area (Å²) >= 11 is 0. The van der Waals surface area contributed by atoms with Gasteiger partial charge >= 0.3 is 6.18 Å². The second-order valence-corrected chi connectivity index (χ2v) is 8.49. The van der Waals surface area contributed by atoms with Crippen molar-refractivity contribution in [1.29, 1.82) is 0 Å². The molecular formula is C23H21F5N2O4. The molecule has 182 valence electrons. The van der Waals surface area contributed by atoms with E-state index in [1.54, 1.807) is 0 Å². The number of hydrogen-bond acceptors (Lipinski definition) is 4. The quantitative estimate of drug-likeness (QED) is 0.635. The number of rotatable bonds is 4. The fourth-order valence-electron chi connectivity index (χ4n) is 4.56. The monoisotopic (exact) mass is 484 g/mol. The van der Waals surface area contributed by atoms with E-state index in [0.717, 1.165) is 26.2 Å². The maximum Gasteiger partial charge on any atom is 0.417 e. The zero-order valence-corrected chi connectivity index (χ0v) is 18.3. The Hall–Kier alpha value is -3.21. The smallest absolute Gasteiger partial charge is 0.417 e. The first-order valence-electron chi connectivity index (χ1n) is 10.4. The van der Waals surface area contributed by atoms with Gasteiger partial charge in [0.25, 0.3) is 11.8 Å². The molecule has 11 heteroatoms. The van der Waals surface area contributed by atoms with Crippen molar-refractivity contribution in [3.05, 3.63) is 58.7 Å². The van der Waals surface area contributed by atoms with Crippen LogP contribution in [-0.2, 0) is 16.1 Å². The van der Waals surface area contributed by atoms with Crippen LogP contribution in [-0.4, -0.2) is 36.8 Å². The Bertz CT molecular complexity index is 1170. The van der Waals surface area contributed by atoms with E-state index in [9.17, 15) is 31.5 Å². The van der Waals surface area contributed by atoms with Crippen LogP contribution < -0.4 is 15.4 Å². The summed E-state index contributed by atoms with van der Waals surface area (Å²) in [6, 6.07) is 6.32. The van der Waals surface area contributed by atoms with Crippen molar-refractivity contribution >= 4 is 17.5 Å². The van der Waals surface area contributed by atoms with Crippen LogP contribution in [0.5, 0.6) is 5.75 Å². The molecule has 0 unspecified atom stereocenters. The summed E-state index contributed by atoms with van der Waals surface area (Å²) in [7, 11) is 1.06. The maximum atomic E-state index is 14.4. The highest BCUT2D eigenvalue weighted by atomic mass is 19.4. The van der Waals surface area contributed by atoms with Crippen LogP contribution in [0, 0.1) is 17.6 Å². The summed E-state index contributed by atoms with van der Waals surface area (Å²) in [4.78, 5) is 24.9. The third kappa shape index (κ3) is 3.67. The Morgan fingerprint density at radius 1 is 1.24 bits per heavy atom. The molecule has 2 N–H and O–H groups in total. The SMILES string of the molecule is COc1c([C@H]2[C@H](C(=O)Nc3ccc4c(c3)CNC4=O)O[C@@](C)(C(F)(F)F)[C@H]2C)ccc(F)c1F. The van der Waals surface area contributed by atoms with Crippen molar-refractivity contribution in [3.8, 4) is 5.75 Å². The number of carbonyl (C=O) groups excluding carboxylic acids is 2. The average molecular weight is 484 g/mol. The molecule has 1 saturated heterocycles. The molecule has 34 heavy (non-hydrogen) atoms. The summed E-state index contributed by atoms with van der Waals surface area (Å²) in [6.07, 6.45) is -6.56. The van der Waals surface area contributed by atoms with Crippen LogP contribution in [0.15, 0.2) is 30.3 Å². The van der Waals surface area contributed by atoms with E-state index in [4.69, 9.17) is 9.47 Å². The molecule has 0 aromatic heterocycles. The molecule has 2 aliphatic rings. The zero-order chi connectivity index (χ0) is 25.0. The Morgan fingerprint density at radius 2 is 1.94 bits per heavy atom. The number of carbonyl (C=O) groups is 2. The summed E-state index contributed by atoms with van der Waals surface area (Å²) in [5.74, 6) is -7.05. The number of amides is 2. The lowest BCUT2D eigenvalue weighted by Crippen LogP contribution is -2.47. The molecule has 6 nitrogen and oxygen atoms in total. The standard InChI is InChI=1S/C23H21F5N2O4/c1-10-16(14-6-7-15(24)17(25)18(14)33-3)19(34-22(10,2)23(26,27)28)21(32)30-12-4-5-13-11(8-12)9-29-20(13)31/h4-8,10,16,19H,9H2,1-3H3,(H,29,31)(H,30,32)/t10-,16-,19+,22+/m0/s1. The van der Waals surface area contributed by atoms with Crippen molar-refractivity contribution in [2.75, 3.05) is 12.4 Å². The third-order valence-electron chi connectivity index (χ3n) is 6.63. The Labute approximate surface area is 191 Å². The second kappa shape index (κ2) is 8.23. The number of benzene rings is 2. The molecule has 2 aromatic rings. The molecule has 2 aliphatic heterocycles. The molecule has 0 bridgehead atoms. The number of ether oxygens (including phenoxy) is 2. The fourth-order valence-corrected chi connectivity index (χ4v) is 4.56. The molecule has 0 aliphatic carbocycles. The molecule has 2 amide bonds. The molecule has 4 atom stereocenters. The molecule has 2 heterocycles. The second-order valence-electron chi connectivity index (χ2n) is 8.49. The topological polar surface area (TPSA) is 76.7 Å². The third-order valence-corrected chi connectivity index (χ3v) is 6.63. The first-order chi connectivity index (χ1) is 15.9. The lowest BCUT2D eigenvalue weighted by molar-refractivity contribution is -0.272. The molecule has 4 rings (SSSR count). The van der Waals surface area contributed by atoms with Gasteiger partial charge in [-0.2, -0.15) is 17.6 Å². The van der Waals surface area contributed by atoms with Crippen molar-refractivity contribution in [2.45, 2.75) is 44.2 Å². The highest BCUT2D eigenvalue weighted by Gasteiger charge is 2.65. The van der Waals surface area contributed by atoms with Gasteiger partial charge in [-0.05, 0) is 36.8 Å². The maximum absolute atomic E-state index is 14.4. The molecule has 2 aromatic carbocycles. The summed E-state index contributed by atoms with van der Waals surface area (Å²) in [6.45, 7) is 2.30. The van der Waals surface area contributed by atoms with Crippen molar-refractivity contribution in [2.24, 2.45) is 5.92 Å². The normalized spacial score (nSPS) is 26.2. The number of methoxy groups -OCH3 is 1. The highest BCUT2D eigenvalue weighted by Crippen LogP contribution is 2.55. The highest BCUT2D eigenvalue weighted by molar-refractivity contribution is 6.00. The number of alkyl halides is 3. The first-order valence-corrected chi connectivity index (χ1v) is 10.4. The minimum Gasteiger partial charge on any atom is -0.493 e. The molecular weight excluding hydrogens is 463 g/mol. The van der Waals surface area contributed by atoms with E-state index < -0.39 is 53.0 Å². The van der Waals surface area contributed by atoms with Crippen LogP contribution >= 0.6 is 0 Å². The van der Waals surface area contributed by atoms with E-state index >= 15 is 0 Å².